The zero-order valence-electron chi connectivity index (χ0n) is 19.2. The van der Waals surface area contributed by atoms with Gasteiger partial charge in [0.2, 0.25) is 0 Å². The molecule has 4 rings (SSSR count). The minimum atomic E-state index is -0.349. The van der Waals surface area contributed by atoms with E-state index in [9.17, 15) is 4.79 Å². The highest BCUT2D eigenvalue weighted by atomic mass is 32.1. The first-order valence-electron chi connectivity index (χ1n) is 10.8. The summed E-state index contributed by atoms with van der Waals surface area (Å²) in [5.41, 5.74) is 5.03. The first-order chi connectivity index (χ1) is 16.4. The number of aryl methyl sites for hydroxylation is 2. The molecular formula is C25H25N5O3S. The number of anilines is 1. The van der Waals surface area contributed by atoms with Crippen molar-refractivity contribution < 1.29 is 14.3 Å². The van der Waals surface area contributed by atoms with Crippen LogP contribution in [-0.4, -0.2) is 39.2 Å². The van der Waals surface area contributed by atoms with Crippen LogP contribution >= 0.6 is 12.2 Å². The Bertz CT molecular complexity index is 1320. The summed E-state index contributed by atoms with van der Waals surface area (Å²) in [5.74, 6) is 1.07. The van der Waals surface area contributed by atoms with E-state index in [-0.39, 0.29) is 17.6 Å². The topological polar surface area (TPSA) is 90.3 Å². The molecule has 0 spiro atoms. The Morgan fingerprint density at radius 2 is 1.56 bits per heavy atom. The molecule has 0 atom stereocenters. The third kappa shape index (κ3) is 5.68. The number of aromatic nitrogens is 3. The number of carbonyl (C=O) groups is 1. The van der Waals surface area contributed by atoms with Crippen molar-refractivity contribution in [3.05, 3.63) is 71.8 Å². The number of hydrogen-bond acceptors (Lipinski definition) is 6. The fraction of sp³-hybridized carbons (Fsp3) is 0.200. The number of nitrogens with one attached hydrogen (secondary N) is 2. The number of carbonyl (C=O) groups excluding carboxylic acids is 1. The standard InChI is InChI=1S/C25H25N5O3S/c1-4-32-19-11-7-18(8-12-19)30-28-22-13-17(3)21(14-23(22)29-30)26-25(34)27-24(31)15-33-20-9-5-16(2)6-10-20/h5-14H,4,15H2,1-3H3,(H2,26,27,31,34). The molecule has 0 fully saturated rings. The second-order valence-electron chi connectivity index (χ2n) is 7.68. The van der Waals surface area contributed by atoms with Gasteiger partial charge in [0.1, 0.15) is 22.5 Å². The van der Waals surface area contributed by atoms with E-state index in [1.165, 1.54) is 0 Å². The van der Waals surface area contributed by atoms with Crippen molar-refractivity contribution in [2.45, 2.75) is 20.8 Å². The molecule has 2 N–H and O–H groups in total. The summed E-state index contributed by atoms with van der Waals surface area (Å²) in [7, 11) is 0. The monoisotopic (exact) mass is 475 g/mol. The first-order valence-corrected chi connectivity index (χ1v) is 11.2. The highest BCUT2D eigenvalue weighted by Gasteiger charge is 2.11. The van der Waals surface area contributed by atoms with Crippen molar-refractivity contribution in [2.24, 2.45) is 0 Å². The maximum Gasteiger partial charge on any atom is 0.264 e. The van der Waals surface area contributed by atoms with Crippen molar-refractivity contribution in [1.29, 1.82) is 0 Å². The van der Waals surface area contributed by atoms with E-state index in [0.717, 1.165) is 33.8 Å². The van der Waals surface area contributed by atoms with Gasteiger partial charge in [-0.3, -0.25) is 10.1 Å². The highest BCUT2D eigenvalue weighted by Crippen LogP contribution is 2.23. The smallest absolute Gasteiger partial charge is 0.264 e. The molecular weight excluding hydrogens is 450 g/mol. The Morgan fingerprint density at radius 1 is 0.941 bits per heavy atom. The van der Waals surface area contributed by atoms with E-state index in [1.54, 1.807) is 4.80 Å². The maximum absolute atomic E-state index is 12.2. The van der Waals surface area contributed by atoms with Crippen LogP contribution in [0.25, 0.3) is 16.7 Å². The van der Waals surface area contributed by atoms with Crippen LogP contribution in [0.15, 0.2) is 60.7 Å². The summed E-state index contributed by atoms with van der Waals surface area (Å²) in [6.45, 7) is 6.34. The van der Waals surface area contributed by atoms with Crippen LogP contribution in [0.1, 0.15) is 18.1 Å². The number of fused-ring (bicyclic) bond motifs is 1. The van der Waals surface area contributed by atoms with Crippen LogP contribution in [0.2, 0.25) is 0 Å². The normalized spacial score (nSPS) is 10.7. The molecule has 0 saturated carbocycles. The lowest BCUT2D eigenvalue weighted by molar-refractivity contribution is -0.121. The predicted molar refractivity (Wildman–Crippen MR) is 136 cm³/mol. The summed E-state index contributed by atoms with van der Waals surface area (Å²) < 4.78 is 11.0. The Labute approximate surface area is 202 Å². The average Bonchev–Trinajstić information content (AvgIpc) is 3.22. The van der Waals surface area contributed by atoms with E-state index in [2.05, 4.69) is 20.8 Å². The number of amides is 1. The summed E-state index contributed by atoms with van der Waals surface area (Å²) >= 11 is 5.31. The molecule has 0 aliphatic rings. The zero-order valence-corrected chi connectivity index (χ0v) is 20.0. The Morgan fingerprint density at radius 3 is 2.24 bits per heavy atom. The summed E-state index contributed by atoms with van der Waals surface area (Å²) in [6.07, 6.45) is 0. The van der Waals surface area contributed by atoms with Gasteiger partial charge in [0.05, 0.1) is 12.3 Å². The Hall–Kier alpha value is -3.98. The van der Waals surface area contributed by atoms with Gasteiger partial charge >= 0.3 is 0 Å². The summed E-state index contributed by atoms with van der Waals surface area (Å²) in [5, 5.41) is 15.0. The number of benzene rings is 3. The van der Waals surface area contributed by atoms with Gasteiger partial charge in [-0.15, -0.1) is 10.2 Å². The molecule has 0 unspecified atom stereocenters. The predicted octanol–water partition coefficient (Wildman–Crippen LogP) is 4.33. The van der Waals surface area contributed by atoms with Crippen LogP contribution < -0.4 is 20.1 Å². The van der Waals surface area contributed by atoms with Crippen LogP contribution in [0.4, 0.5) is 5.69 Å². The molecule has 34 heavy (non-hydrogen) atoms. The second-order valence-corrected chi connectivity index (χ2v) is 8.08. The lowest BCUT2D eigenvalue weighted by Gasteiger charge is -2.12. The minimum absolute atomic E-state index is 0.140. The van der Waals surface area contributed by atoms with E-state index in [0.29, 0.717) is 17.9 Å². The number of nitrogens with zero attached hydrogens (tertiary/aromatic N) is 3. The minimum Gasteiger partial charge on any atom is -0.494 e. The lowest BCUT2D eigenvalue weighted by atomic mass is 10.2. The fourth-order valence-corrected chi connectivity index (χ4v) is 3.48. The van der Waals surface area contributed by atoms with Gasteiger partial charge < -0.3 is 14.8 Å². The molecule has 4 aromatic rings. The summed E-state index contributed by atoms with van der Waals surface area (Å²) in [6, 6.07) is 18.8. The largest absolute Gasteiger partial charge is 0.494 e. The van der Waals surface area contributed by atoms with Gasteiger partial charge in [0.15, 0.2) is 11.7 Å². The average molecular weight is 476 g/mol. The molecule has 3 aromatic carbocycles. The van der Waals surface area contributed by atoms with Gasteiger partial charge in [-0.2, -0.15) is 4.80 Å². The Balaban J connectivity index is 1.40. The lowest BCUT2D eigenvalue weighted by Crippen LogP contribution is -2.37. The van der Waals surface area contributed by atoms with Gasteiger partial charge in [0.25, 0.3) is 5.91 Å². The summed E-state index contributed by atoms with van der Waals surface area (Å²) in [4.78, 5) is 13.8. The van der Waals surface area contributed by atoms with E-state index in [4.69, 9.17) is 21.7 Å². The van der Waals surface area contributed by atoms with E-state index >= 15 is 0 Å². The Kier molecular flexibility index (Phi) is 7.03. The maximum atomic E-state index is 12.2. The molecule has 0 aliphatic carbocycles. The van der Waals surface area contributed by atoms with Crippen molar-refractivity contribution in [2.75, 3.05) is 18.5 Å². The second kappa shape index (κ2) is 10.3. The molecule has 0 aliphatic heterocycles. The van der Waals surface area contributed by atoms with Crippen LogP contribution in [0, 0.1) is 13.8 Å². The molecule has 1 amide bonds. The third-order valence-electron chi connectivity index (χ3n) is 5.00. The van der Waals surface area contributed by atoms with Crippen molar-refractivity contribution >= 4 is 40.0 Å². The molecule has 9 heteroatoms. The van der Waals surface area contributed by atoms with Crippen molar-refractivity contribution in [1.82, 2.24) is 20.3 Å². The molecule has 1 heterocycles. The molecule has 0 saturated heterocycles. The molecule has 0 radical (unpaired) electrons. The van der Waals surface area contributed by atoms with Gasteiger partial charge in [-0.25, -0.2) is 0 Å². The molecule has 8 nitrogen and oxygen atoms in total. The number of hydrogen-bond donors (Lipinski definition) is 2. The van der Waals surface area contributed by atoms with Crippen molar-refractivity contribution in [3.8, 4) is 17.2 Å². The van der Waals surface area contributed by atoms with E-state index in [1.807, 2.05) is 81.4 Å². The van der Waals surface area contributed by atoms with Gasteiger partial charge in [-0.1, -0.05) is 17.7 Å². The van der Waals surface area contributed by atoms with Gasteiger partial charge in [0, 0.05) is 5.69 Å². The van der Waals surface area contributed by atoms with Crippen LogP contribution in [0.3, 0.4) is 0 Å². The molecule has 174 valence electrons. The SMILES string of the molecule is CCOc1ccc(-n2nc3cc(C)c(NC(=S)NC(=O)COc4ccc(C)cc4)cc3n2)cc1. The number of ether oxygens (including phenoxy) is 2. The molecule has 1 aromatic heterocycles. The van der Waals surface area contributed by atoms with Crippen molar-refractivity contribution in [3.63, 3.8) is 0 Å². The first kappa shape index (κ1) is 23.2. The quantitative estimate of drug-likeness (QED) is 0.385. The van der Waals surface area contributed by atoms with E-state index < -0.39 is 0 Å². The van der Waals surface area contributed by atoms with Crippen LogP contribution in [0.5, 0.6) is 11.5 Å². The zero-order chi connectivity index (χ0) is 24.1. The van der Waals surface area contributed by atoms with Gasteiger partial charge in [-0.05, 0) is 87.1 Å². The highest BCUT2D eigenvalue weighted by molar-refractivity contribution is 7.80. The fourth-order valence-electron chi connectivity index (χ4n) is 3.26. The third-order valence-corrected chi connectivity index (χ3v) is 5.20. The number of thiocarbonyl (C=S) groups is 1. The molecule has 0 bridgehead atoms. The number of rotatable bonds is 7. The van der Waals surface area contributed by atoms with Crippen LogP contribution in [-0.2, 0) is 4.79 Å².